The lowest BCUT2D eigenvalue weighted by atomic mass is 10.1. The molecule has 0 bridgehead atoms. The zero-order valence-corrected chi connectivity index (χ0v) is 19.0. The Kier molecular flexibility index (Phi) is 8.31. The molecular formula is C25H28BrNO3. The van der Waals surface area contributed by atoms with Gasteiger partial charge in [-0.3, -0.25) is 0 Å². The van der Waals surface area contributed by atoms with E-state index in [9.17, 15) is 5.11 Å². The second kappa shape index (κ2) is 11.2. The first kappa shape index (κ1) is 22.3. The van der Waals surface area contributed by atoms with Gasteiger partial charge >= 0.3 is 0 Å². The topological polar surface area (TPSA) is 50.7 Å². The van der Waals surface area contributed by atoms with Crippen LogP contribution in [0.4, 0.5) is 0 Å². The number of aliphatic hydroxyl groups is 1. The molecular weight excluding hydrogens is 442 g/mol. The number of benzene rings is 3. The molecule has 0 saturated carbocycles. The van der Waals surface area contributed by atoms with E-state index in [4.69, 9.17) is 9.47 Å². The number of hydrogen-bond donors (Lipinski definition) is 2. The van der Waals surface area contributed by atoms with Crippen LogP contribution in [0.5, 0.6) is 11.5 Å². The Labute approximate surface area is 187 Å². The summed E-state index contributed by atoms with van der Waals surface area (Å²) in [6.45, 7) is 6.13. The number of halogens is 1. The van der Waals surface area contributed by atoms with Crippen molar-refractivity contribution < 1.29 is 14.6 Å². The minimum absolute atomic E-state index is 0.464. The molecule has 3 aromatic rings. The number of nitrogens with one attached hydrogen (secondary N) is 1. The Morgan fingerprint density at radius 2 is 1.67 bits per heavy atom. The molecule has 1 unspecified atom stereocenters. The van der Waals surface area contributed by atoms with E-state index in [0.29, 0.717) is 37.8 Å². The molecule has 158 valence electrons. The van der Waals surface area contributed by atoms with Gasteiger partial charge in [0.05, 0.1) is 12.7 Å². The molecule has 0 amide bonds. The van der Waals surface area contributed by atoms with Gasteiger partial charge in [-0.2, -0.15) is 0 Å². The number of aliphatic hydroxyl groups excluding tert-OH is 1. The van der Waals surface area contributed by atoms with Crippen molar-refractivity contribution in [2.45, 2.75) is 33.1 Å². The van der Waals surface area contributed by atoms with Crippen molar-refractivity contribution in [3.63, 3.8) is 0 Å². The van der Waals surface area contributed by atoms with Gasteiger partial charge in [-0.05, 0) is 42.7 Å². The van der Waals surface area contributed by atoms with Gasteiger partial charge in [0.1, 0.15) is 6.61 Å². The summed E-state index contributed by atoms with van der Waals surface area (Å²) in [5.41, 5.74) is 4.28. The lowest BCUT2D eigenvalue weighted by Crippen LogP contribution is -2.21. The molecule has 0 aliphatic carbocycles. The average Bonchev–Trinajstić information content (AvgIpc) is 2.76. The fourth-order valence-electron chi connectivity index (χ4n) is 3.08. The van der Waals surface area contributed by atoms with Gasteiger partial charge in [-0.1, -0.05) is 76.1 Å². The van der Waals surface area contributed by atoms with Crippen molar-refractivity contribution in [1.82, 2.24) is 5.32 Å². The first-order valence-electron chi connectivity index (χ1n) is 10.1. The van der Waals surface area contributed by atoms with E-state index in [0.717, 1.165) is 21.2 Å². The number of aryl methyl sites for hydroxylation is 1. The van der Waals surface area contributed by atoms with Crippen molar-refractivity contribution in [1.29, 1.82) is 0 Å². The Hall–Kier alpha value is -2.34. The molecule has 1 atom stereocenters. The average molecular weight is 470 g/mol. The molecule has 0 saturated heterocycles. The summed E-state index contributed by atoms with van der Waals surface area (Å²) in [4.78, 5) is 0. The molecule has 0 aromatic heterocycles. The molecule has 30 heavy (non-hydrogen) atoms. The molecule has 0 aliphatic rings. The third-order valence-electron chi connectivity index (χ3n) is 4.77. The van der Waals surface area contributed by atoms with Crippen LogP contribution >= 0.6 is 15.9 Å². The van der Waals surface area contributed by atoms with Gasteiger partial charge in [-0.15, -0.1) is 0 Å². The quantitative estimate of drug-likeness (QED) is 0.408. The number of ether oxygens (including phenoxy) is 2. The first-order valence-corrected chi connectivity index (χ1v) is 10.9. The van der Waals surface area contributed by atoms with Crippen LogP contribution in [0.1, 0.15) is 35.3 Å². The third-order valence-corrected chi connectivity index (χ3v) is 5.50. The van der Waals surface area contributed by atoms with Gasteiger partial charge in [0.25, 0.3) is 0 Å². The van der Waals surface area contributed by atoms with Crippen molar-refractivity contribution in [2.24, 2.45) is 0 Å². The van der Waals surface area contributed by atoms with E-state index in [2.05, 4.69) is 52.4 Å². The van der Waals surface area contributed by atoms with Gasteiger partial charge in [0, 0.05) is 17.6 Å². The van der Waals surface area contributed by atoms with E-state index in [1.807, 2.05) is 49.4 Å². The van der Waals surface area contributed by atoms with E-state index in [-0.39, 0.29) is 0 Å². The van der Waals surface area contributed by atoms with Crippen LogP contribution in [0.25, 0.3) is 0 Å². The molecule has 0 radical (unpaired) electrons. The number of rotatable bonds is 10. The maximum atomic E-state index is 10.3. The van der Waals surface area contributed by atoms with Crippen LogP contribution in [0.2, 0.25) is 0 Å². The van der Waals surface area contributed by atoms with Gasteiger partial charge in [0.15, 0.2) is 11.5 Å². The van der Waals surface area contributed by atoms with Crippen LogP contribution in [0, 0.1) is 6.92 Å². The SMILES string of the molecule is CCOc1cc(CNCC(O)c2ccccc2)c(Br)cc1OCc1ccc(C)cc1. The Balaban J connectivity index is 1.63. The molecule has 3 rings (SSSR count). The summed E-state index contributed by atoms with van der Waals surface area (Å²) in [5.74, 6) is 1.42. The predicted molar refractivity (Wildman–Crippen MR) is 124 cm³/mol. The predicted octanol–water partition coefficient (Wildman–Crippen LogP) is 5.56. The largest absolute Gasteiger partial charge is 0.490 e. The maximum Gasteiger partial charge on any atom is 0.162 e. The molecule has 0 spiro atoms. The fourth-order valence-corrected chi connectivity index (χ4v) is 3.54. The number of hydrogen-bond acceptors (Lipinski definition) is 4. The van der Waals surface area contributed by atoms with E-state index in [1.165, 1.54) is 5.56 Å². The van der Waals surface area contributed by atoms with E-state index >= 15 is 0 Å². The third kappa shape index (κ3) is 6.33. The Bertz CT molecular complexity index is 929. The van der Waals surface area contributed by atoms with Gasteiger partial charge < -0.3 is 19.9 Å². The summed E-state index contributed by atoms with van der Waals surface area (Å²) in [5, 5.41) is 13.6. The zero-order valence-electron chi connectivity index (χ0n) is 17.4. The highest BCUT2D eigenvalue weighted by atomic mass is 79.9. The molecule has 0 aliphatic heterocycles. The maximum absolute atomic E-state index is 10.3. The zero-order chi connectivity index (χ0) is 21.3. The lowest BCUT2D eigenvalue weighted by molar-refractivity contribution is 0.174. The monoisotopic (exact) mass is 469 g/mol. The van der Waals surface area contributed by atoms with Crippen molar-refractivity contribution in [3.8, 4) is 11.5 Å². The van der Waals surface area contributed by atoms with Crippen LogP contribution in [0.3, 0.4) is 0 Å². The molecule has 0 fully saturated rings. The highest BCUT2D eigenvalue weighted by molar-refractivity contribution is 9.10. The van der Waals surface area contributed by atoms with Crippen molar-refractivity contribution in [2.75, 3.05) is 13.2 Å². The Morgan fingerprint density at radius 1 is 0.967 bits per heavy atom. The minimum Gasteiger partial charge on any atom is -0.490 e. The van der Waals surface area contributed by atoms with Crippen molar-refractivity contribution >= 4 is 15.9 Å². The van der Waals surface area contributed by atoms with Crippen molar-refractivity contribution in [3.05, 3.63) is 93.5 Å². The highest BCUT2D eigenvalue weighted by Gasteiger charge is 2.12. The van der Waals surface area contributed by atoms with Crippen LogP contribution in [0.15, 0.2) is 71.2 Å². The molecule has 2 N–H and O–H groups in total. The molecule has 0 heterocycles. The van der Waals surface area contributed by atoms with E-state index < -0.39 is 6.10 Å². The Morgan fingerprint density at radius 3 is 2.37 bits per heavy atom. The van der Waals surface area contributed by atoms with Gasteiger partial charge in [-0.25, -0.2) is 0 Å². The first-order chi connectivity index (χ1) is 14.6. The molecule has 3 aromatic carbocycles. The van der Waals surface area contributed by atoms with Crippen LogP contribution in [-0.4, -0.2) is 18.3 Å². The second-order valence-electron chi connectivity index (χ2n) is 7.16. The fraction of sp³-hybridized carbons (Fsp3) is 0.280. The molecule has 4 nitrogen and oxygen atoms in total. The summed E-state index contributed by atoms with van der Waals surface area (Å²) < 4.78 is 12.8. The normalized spacial score (nSPS) is 11.9. The van der Waals surface area contributed by atoms with Crippen LogP contribution in [-0.2, 0) is 13.2 Å². The minimum atomic E-state index is -0.548. The summed E-state index contributed by atoms with van der Waals surface area (Å²) >= 11 is 3.64. The second-order valence-corrected chi connectivity index (χ2v) is 8.01. The van der Waals surface area contributed by atoms with Crippen LogP contribution < -0.4 is 14.8 Å². The van der Waals surface area contributed by atoms with E-state index in [1.54, 1.807) is 0 Å². The smallest absolute Gasteiger partial charge is 0.162 e. The summed E-state index contributed by atoms with van der Waals surface area (Å²) in [7, 11) is 0. The standard InChI is InChI=1S/C25H28BrNO3/c1-3-29-24-13-21(15-27-16-23(28)20-7-5-4-6-8-20)22(26)14-25(24)30-17-19-11-9-18(2)10-12-19/h4-14,23,27-28H,3,15-17H2,1-2H3. The van der Waals surface area contributed by atoms with Gasteiger partial charge in [0.2, 0.25) is 0 Å². The highest BCUT2D eigenvalue weighted by Crippen LogP contribution is 2.34. The summed E-state index contributed by atoms with van der Waals surface area (Å²) in [6.07, 6.45) is -0.548. The lowest BCUT2D eigenvalue weighted by Gasteiger charge is -2.16. The molecule has 5 heteroatoms. The summed E-state index contributed by atoms with van der Waals surface area (Å²) in [6, 6.07) is 21.9.